The highest BCUT2D eigenvalue weighted by Gasteiger charge is 2.22. The van der Waals surface area contributed by atoms with Crippen molar-refractivity contribution in [3.05, 3.63) is 56.7 Å². The summed E-state index contributed by atoms with van der Waals surface area (Å²) in [5.41, 5.74) is 8.46. The van der Waals surface area contributed by atoms with Crippen molar-refractivity contribution in [3.8, 4) is 0 Å². The third-order valence-electron chi connectivity index (χ3n) is 3.40. The van der Waals surface area contributed by atoms with Gasteiger partial charge in [0.15, 0.2) is 0 Å². The summed E-state index contributed by atoms with van der Waals surface area (Å²) in [6.45, 7) is 4.66. The number of halogens is 1. The number of hydrogen-bond donors (Lipinski definition) is 1. The molecule has 4 heteroatoms. The quantitative estimate of drug-likeness (QED) is 0.839. The van der Waals surface area contributed by atoms with Crippen LogP contribution in [0.15, 0.2) is 35.7 Å². The first-order valence-corrected chi connectivity index (χ1v) is 8.03. The predicted octanol–water partition coefficient (Wildman–Crippen LogP) is 4.71. The van der Waals surface area contributed by atoms with E-state index in [0.717, 1.165) is 17.0 Å². The number of nitrogens with two attached hydrogens (primary N) is 1. The zero-order valence-corrected chi connectivity index (χ0v) is 13.4. The van der Waals surface area contributed by atoms with Crippen LogP contribution in [0.4, 0.5) is 0 Å². The number of rotatable bonds is 6. The third-order valence-corrected chi connectivity index (χ3v) is 4.85. The van der Waals surface area contributed by atoms with Crippen LogP contribution in [-0.2, 0) is 11.3 Å². The zero-order valence-electron chi connectivity index (χ0n) is 11.8. The average Bonchev–Trinajstić information content (AvgIpc) is 2.87. The van der Waals surface area contributed by atoms with Crippen molar-refractivity contribution < 1.29 is 4.74 Å². The molecule has 20 heavy (non-hydrogen) atoms. The van der Waals surface area contributed by atoms with Crippen LogP contribution in [0, 0.1) is 6.92 Å². The first-order chi connectivity index (χ1) is 9.63. The summed E-state index contributed by atoms with van der Waals surface area (Å²) < 4.78 is 6.09. The average molecular weight is 310 g/mol. The second kappa shape index (κ2) is 7.23. The van der Waals surface area contributed by atoms with Gasteiger partial charge in [-0.15, -0.1) is 11.3 Å². The summed E-state index contributed by atoms with van der Waals surface area (Å²) in [5, 5.41) is 2.82. The normalized spacial score (nSPS) is 14.2. The van der Waals surface area contributed by atoms with Crippen molar-refractivity contribution in [2.24, 2.45) is 5.73 Å². The van der Waals surface area contributed by atoms with Gasteiger partial charge in [-0.05, 0) is 42.0 Å². The van der Waals surface area contributed by atoms with E-state index in [4.69, 9.17) is 22.1 Å². The molecule has 0 fully saturated rings. The van der Waals surface area contributed by atoms with Crippen molar-refractivity contribution >= 4 is 22.9 Å². The zero-order chi connectivity index (χ0) is 14.5. The van der Waals surface area contributed by atoms with E-state index in [2.05, 4.69) is 25.3 Å². The summed E-state index contributed by atoms with van der Waals surface area (Å²) in [6, 6.07) is 9.85. The molecule has 108 valence electrons. The van der Waals surface area contributed by atoms with Gasteiger partial charge in [0.2, 0.25) is 0 Å². The molecule has 0 radical (unpaired) electrons. The minimum atomic E-state index is -0.0729. The lowest BCUT2D eigenvalue weighted by atomic mass is 10.1. The van der Waals surface area contributed by atoms with Crippen LogP contribution < -0.4 is 5.73 Å². The molecule has 0 aliphatic heterocycles. The van der Waals surface area contributed by atoms with Gasteiger partial charge in [-0.2, -0.15) is 0 Å². The molecule has 0 spiro atoms. The Bertz CT molecular complexity index is 555. The molecular formula is C16H20ClNOS. The molecule has 1 heterocycles. The van der Waals surface area contributed by atoms with Crippen molar-refractivity contribution in [2.75, 3.05) is 0 Å². The van der Waals surface area contributed by atoms with E-state index in [1.807, 2.05) is 24.3 Å². The van der Waals surface area contributed by atoms with Gasteiger partial charge in [0.25, 0.3) is 0 Å². The van der Waals surface area contributed by atoms with E-state index in [-0.39, 0.29) is 12.1 Å². The Morgan fingerprint density at radius 3 is 2.65 bits per heavy atom. The molecular weight excluding hydrogens is 290 g/mol. The smallest absolute Gasteiger partial charge is 0.107 e. The first kappa shape index (κ1) is 15.5. The molecule has 2 rings (SSSR count). The Kier molecular flexibility index (Phi) is 5.61. The fraction of sp³-hybridized carbons (Fsp3) is 0.375. The van der Waals surface area contributed by atoms with Gasteiger partial charge in [-0.1, -0.05) is 36.7 Å². The highest BCUT2D eigenvalue weighted by atomic mass is 35.5. The van der Waals surface area contributed by atoms with Gasteiger partial charge in [-0.25, -0.2) is 0 Å². The van der Waals surface area contributed by atoms with Gasteiger partial charge in [0.05, 0.1) is 6.61 Å². The Balaban J connectivity index is 2.13. The largest absolute Gasteiger partial charge is 0.366 e. The first-order valence-electron chi connectivity index (χ1n) is 6.78. The molecule has 2 atom stereocenters. The number of benzene rings is 1. The summed E-state index contributed by atoms with van der Waals surface area (Å²) in [6.07, 6.45) is 0.807. The molecule has 0 aliphatic carbocycles. The van der Waals surface area contributed by atoms with E-state index >= 15 is 0 Å². The summed E-state index contributed by atoms with van der Waals surface area (Å²) in [7, 11) is 0. The molecule has 1 aromatic heterocycles. The molecule has 0 bridgehead atoms. The number of thiophene rings is 1. The van der Waals surface area contributed by atoms with Crippen molar-refractivity contribution in [1.29, 1.82) is 0 Å². The van der Waals surface area contributed by atoms with E-state index in [0.29, 0.717) is 6.61 Å². The molecule has 0 amide bonds. The van der Waals surface area contributed by atoms with E-state index in [1.54, 1.807) is 11.3 Å². The second-order valence-corrected chi connectivity index (χ2v) is 6.22. The minimum Gasteiger partial charge on any atom is -0.366 e. The summed E-state index contributed by atoms with van der Waals surface area (Å²) in [4.78, 5) is 1.21. The monoisotopic (exact) mass is 309 g/mol. The molecule has 2 aromatic rings. The van der Waals surface area contributed by atoms with Crippen molar-refractivity contribution in [2.45, 2.75) is 39.0 Å². The second-order valence-electron chi connectivity index (χ2n) is 4.86. The van der Waals surface area contributed by atoms with Gasteiger partial charge >= 0.3 is 0 Å². The lowest BCUT2D eigenvalue weighted by Gasteiger charge is -2.23. The standard InChI is InChI=1S/C16H20ClNOS/c1-3-14(18)15(16-11(2)8-9-20-16)19-10-12-6-4-5-7-13(12)17/h4-9,14-15H,3,10,18H2,1-2H3. The highest BCUT2D eigenvalue weighted by Crippen LogP contribution is 2.31. The van der Waals surface area contributed by atoms with Crippen molar-refractivity contribution in [1.82, 2.24) is 0 Å². The van der Waals surface area contributed by atoms with Crippen LogP contribution in [0.5, 0.6) is 0 Å². The van der Waals surface area contributed by atoms with Gasteiger partial charge < -0.3 is 10.5 Å². The maximum Gasteiger partial charge on any atom is 0.107 e. The van der Waals surface area contributed by atoms with Crippen molar-refractivity contribution in [3.63, 3.8) is 0 Å². The maximum absolute atomic E-state index is 6.23. The predicted molar refractivity (Wildman–Crippen MR) is 86.3 cm³/mol. The molecule has 1 aromatic carbocycles. The van der Waals surface area contributed by atoms with Crippen LogP contribution in [0.2, 0.25) is 5.02 Å². The summed E-state index contributed by atoms with van der Waals surface area (Å²) in [5.74, 6) is 0. The number of hydrogen-bond acceptors (Lipinski definition) is 3. The molecule has 0 aliphatic rings. The van der Waals surface area contributed by atoms with E-state index in [1.165, 1.54) is 10.4 Å². The fourth-order valence-electron chi connectivity index (χ4n) is 2.08. The molecule has 0 saturated carbocycles. The third kappa shape index (κ3) is 3.61. The number of aryl methyl sites for hydroxylation is 1. The lowest BCUT2D eigenvalue weighted by Crippen LogP contribution is -2.29. The van der Waals surface area contributed by atoms with Crippen LogP contribution in [0.3, 0.4) is 0 Å². The SMILES string of the molecule is CCC(N)C(OCc1ccccc1Cl)c1sccc1C. The highest BCUT2D eigenvalue weighted by molar-refractivity contribution is 7.10. The molecule has 2 N–H and O–H groups in total. The van der Waals surface area contributed by atoms with E-state index in [9.17, 15) is 0 Å². The van der Waals surface area contributed by atoms with Crippen LogP contribution >= 0.6 is 22.9 Å². The molecule has 0 saturated heterocycles. The Morgan fingerprint density at radius 1 is 1.30 bits per heavy atom. The van der Waals surface area contributed by atoms with Gasteiger partial charge in [0.1, 0.15) is 6.10 Å². The summed E-state index contributed by atoms with van der Waals surface area (Å²) >= 11 is 7.87. The maximum atomic E-state index is 6.23. The fourth-order valence-corrected chi connectivity index (χ4v) is 3.32. The van der Waals surface area contributed by atoms with Crippen LogP contribution in [0.25, 0.3) is 0 Å². The van der Waals surface area contributed by atoms with Crippen LogP contribution in [-0.4, -0.2) is 6.04 Å². The van der Waals surface area contributed by atoms with Gasteiger partial charge in [0, 0.05) is 15.9 Å². The van der Waals surface area contributed by atoms with Crippen LogP contribution in [0.1, 0.15) is 35.5 Å². The molecule has 2 unspecified atom stereocenters. The Morgan fingerprint density at radius 2 is 2.05 bits per heavy atom. The minimum absolute atomic E-state index is 0.00478. The number of ether oxygens (including phenoxy) is 1. The van der Waals surface area contributed by atoms with E-state index < -0.39 is 0 Å². The lowest BCUT2D eigenvalue weighted by molar-refractivity contribution is 0.0233. The Hall–Kier alpha value is -0.870. The topological polar surface area (TPSA) is 35.2 Å². The van der Waals surface area contributed by atoms with Gasteiger partial charge in [-0.3, -0.25) is 0 Å². The Labute approximate surface area is 129 Å². The molecule has 2 nitrogen and oxygen atoms in total.